The van der Waals surface area contributed by atoms with Crippen molar-refractivity contribution >= 4 is 11.9 Å². The Morgan fingerprint density at radius 1 is 1.45 bits per heavy atom. The predicted molar refractivity (Wildman–Crippen MR) is 71.2 cm³/mol. The SMILES string of the molecule is COc1ccc(CC(=O)O[C@@H]2CCN(C(C)=O)C2)nc1. The fraction of sp³-hybridized carbons (Fsp3) is 0.500. The van der Waals surface area contributed by atoms with Crippen molar-refractivity contribution in [3.05, 3.63) is 24.0 Å². The fourth-order valence-corrected chi connectivity index (χ4v) is 2.12. The maximum Gasteiger partial charge on any atom is 0.312 e. The lowest BCUT2D eigenvalue weighted by Crippen LogP contribution is -2.29. The van der Waals surface area contributed by atoms with Crippen LogP contribution in [0.4, 0.5) is 0 Å². The largest absolute Gasteiger partial charge is 0.495 e. The second-order valence-electron chi connectivity index (χ2n) is 4.73. The number of esters is 1. The van der Waals surface area contributed by atoms with E-state index in [4.69, 9.17) is 9.47 Å². The molecular formula is C14H18N2O4. The van der Waals surface area contributed by atoms with Gasteiger partial charge in [-0.3, -0.25) is 14.6 Å². The van der Waals surface area contributed by atoms with Gasteiger partial charge in [-0.15, -0.1) is 0 Å². The summed E-state index contributed by atoms with van der Waals surface area (Å²) in [4.78, 5) is 28.8. The molecule has 0 radical (unpaired) electrons. The number of rotatable bonds is 4. The van der Waals surface area contributed by atoms with Crippen LogP contribution in [0.1, 0.15) is 19.0 Å². The maximum absolute atomic E-state index is 11.8. The molecule has 1 aliphatic heterocycles. The van der Waals surface area contributed by atoms with Crippen LogP contribution in [0.15, 0.2) is 18.3 Å². The molecule has 0 aromatic carbocycles. The van der Waals surface area contributed by atoms with Gasteiger partial charge in [-0.2, -0.15) is 0 Å². The van der Waals surface area contributed by atoms with E-state index in [1.54, 1.807) is 30.3 Å². The number of aromatic nitrogens is 1. The molecule has 0 spiro atoms. The van der Waals surface area contributed by atoms with Crippen molar-refractivity contribution in [2.75, 3.05) is 20.2 Å². The van der Waals surface area contributed by atoms with E-state index in [9.17, 15) is 9.59 Å². The molecule has 1 saturated heterocycles. The molecule has 6 nitrogen and oxygen atoms in total. The van der Waals surface area contributed by atoms with Crippen LogP contribution in [0.25, 0.3) is 0 Å². The highest BCUT2D eigenvalue weighted by Crippen LogP contribution is 2.14. The Hall–Kier alpha value is -2.11. The van der Waals surface area contributed by atoms with Gasteiger partial charge in [0.05, 0.1) is 32.0 Å². The number of carbonyl (C=O) groups excluding carboxylic acids is 2. The molecule has 6 heteroatoms. The van der Waals surface area contributed by atoms with Crippen molar-refractivity contribution in [1.82, 2.24) is 9.88 Å². The number of nitrogens with zero attached hydrogens (tertiary/aromatic N) is 2. The number of methoxy groups -OCH3 is 1. The third-order valence-corrected chi connectivity index (χ3v) is 3.25. The molecule has 1 aliphatic rings. The molecular weight excluding hydrogens is 260 g/mol. The Kier molecular flexibility index (Phi) is 4.55. The lowest BCUT2D eigenvalue weighted by Gasteiger charge is -2.14. The van der Waals surface area contributed by atoms with Crippen LogP contribution in [-0.2, 0) is 20.7 Å². The van der Waals surface area contributed by atoms with Gasteiger partial charge in [-0.25, -0.2) is 0 Å². The first-order chi connectivity index (χ1) is 9.58. The van der Waals surface area contributed by atoms with Crippen LogP contribution in [0, 0.1) is 0 Å². The van der Waals surface area contributed by atoms with Crippen molar-refractivity contribution in [1.29, 1.82) is 0 Å². The summed E-state index contributed by atoms with van der Waals surface area (Å²) in [6, 6.07) is 3.49. The van der Waals surface area contributed by atoms with E-state index < -0.39 is 0 Å². The van der Waals surface area contributed by atoms with Crippen LogP contribution in [0.5, 0.6) is 5.75 Å². The zero-order valence-corrected chi connectivity index (χ0v) is 11.7. The van der Waals surface area contributed by atoms with E-state index in [-0.39, 0.29) is 24.4 Å². The maximum atomic E-state index is 11.8. The normalized spacial score (nSPS) is 17.9. The average Bonchev–Trinajstić information content (AvgIpc) is 2.88. The minimum atomic E-state index is -0.321. The zero-order chi connectivity index (χ0) is 14.5. The Bertz CT molecular complexity index is 486. The third kappa shape index (κ3) is 3.69. The molecule has 2 heterocycles. The number of hydrogen-bond acceptors (Lipinski definition) is 5. The van der Waals surface area contributed by atoms with Gasteiger partial charge in [-0.05, 0) is 12.1 Å². The quantitative estimate of drug-likeness (QED) is 0.762. The Balaban J connectivity index is 1.82. The van der Waals surface area contributed by atoms with Gasteiger partial charge in [0.25, 0.3) is 0 Å². The van der Waals surface area contributed by atoms with E-state index in [2.05, 4.69) is 4.98 Å². The van der Waals surface area contributed by atoms with Crippen molar-refractivity contribution in [2.45, 2.75) is 25.9 Å². The van der Waals surface area contributed by atoms with Crippen LogP contribution in [0.2, 0.25) is 0 Å². The molecule has 0 bridgehead atoms. The molecule has 1 atom stereocenters. The highest BCUT2D eigenvalue weighted by atomic mass is 16.5. The first kappa shape index (κ1) is 14.3. The molecule has 2 rings (SSSR count). The van der Waals surface area contributed by atoms with Crippen LogP contribution in [0.3, 0.4) is 0 Å². The van der Waals surface area contributed by atoms with Gasteiger partial charge in [0.2, 0.25) is 5.91 Å². The summed E-state index contributed by atoms with van der Waals surface area (Å²) in [5, 5.41) is 0. The molecule has 0 aliphatic carbocycles. The summed E-state index contributed by atoms with van der Waals surface area (Å²) in [6.07, 6.45) is 2.18. The van der Waals surface area contributed by atoms with Crippen LogP contribution in [-0.4, -0.2) is 48.1 Å². The second-order valence-corrected chi connectivity index (χ2v) is 4.73. The number of ether oxygens (including phenoxy) is 2. The Morgan fingerprint density at radius 3 is 2.80 bits per heavy atom. The molecule has 20 heavy (non-hydrogen) atoms. The summed E-state index contributed by atoms with van der Waals surface area (Å²) < 4.78 is 10.3. The lowest BCUT2D eigenvalue weighted by atomic mass is 10.2. The van der Waals surface area contributed by atoms with Crippen molar-refractivity contribution in [3.63, 3.8) is 0 Å². The van der Waals surface area contributed by atoms with E-state index in [1.165, 1.54) is 6.92 Å². The van der Waals surface area contributed by atoms with Crippen molar-refractivity contribution in [2.24, 2.45) is 0 Å². The van der Waals surface area contributed by atoms with Gasteiger partial charge in [0.15, 0.2) is 0 Å². The standard InChI is InChI=1S/C14H18N2O4/c1-10(17)16-6-5-13(9-16)20-14(18)7-11-3-4-12(19-2)8-15-11/h3-4,8,13H,5-7,9H2,1-2H3/t13-/m1/s1. The summed E-state index contributed by atoms with van der Waals surface area (Å²) in [6.45, 7) is 2.65. The topological polar surface area (TPSA) is 68.7 Å². The van der Waals surface area contributed by atoms with Gasteiger partial charge < -0.3 is 14.4 Å². The highest BCUT2D eigenvalue weighted by molar-refractivity contribution is 5.74. The average molecular weight is 278 g/mol. The summed E-state index contributed by atoms with van der Waals surface area (Å²) in [7, 11) is 1.56. The van der Waals surface area contributed by atoms with Crippen LogP contribution < -0.4 is 4.74 Å². The first-order valence-corrected chi connectivity index (χ1v) is 6.52. The molecule has 0 saturated carbocycles. The number of amides is 1. The Morgan fingerprint density at radius 2 is 2.25 bits per heavy atom. The number of hydrogen-bond donors (Lipinski definition) is 0. The van der Waals surface area contributed by atoms with E-state index in [0.717, 1.165) is 0 Å². The molecule has 1 aromatic heterocycles. The predicted octanol–water partition coefficient (Wildman–Crippen LogP) is 0.797. The third-order valence-electron chi connectivity index (χ3n) is 3.25. The van der Waals surface area contributed by atoms with Gasteiger partial charge in [-0.1, -0.05) is 0 Å². The monoisotopic (exact) mass is 278 g/mol. The molecule has 1 fully saturated rings. The van der Waals surface area contributed by atoms with E-state index >= 15 is 0 Å². The molecule has 0 unspecified atom stereocenters. The molecule has 1 aromatic rings. The second kappa shape index (κ2) is 6.36. The van der Waals surface area contributed by atoms with E-state index in [0.29, 0.717) is 31.0 Å². The minimum Gasteiger partial charge on any atom is -0.495 e. The molecule has 108 valence electrons. The fourth-order valence-electron chi connectivity index (χ4n) is 2.12. The van der Waals surface area contributed by atoms with Gasteiger partial charge in [0, 0.05) is 19.9 Å². The smallest absolute Gasteiger partial charge is 0.312 e. The number of carbonyl (C=O) groups is 2. The van der Waals surface area contributed by atoms with Gasteiger partial charge in [0.1, 0.15) is 11.9 Å². The summed E-state index contributed by atoms with van der Waals surface area (Å²) in [5.41, 5.74) is 0.636. The zero-order valence-electron chi connectivity index (χ0n) is 11.7. The number of likely N-dealkylation sites (tertiary alicyclic amines) is 1. The van der Waals surface area contributed by atoms with Crippen LogP contribution >= 0.6 is 0 Å². The van der Waals surface area contributed by atoms with E-state index in [1.807, 2.05) is 0 Å². The van der Waals surface area contributed by atoms with Gasteiger partial charge >= 0.3 is 5.97 Å². The summed E-state index contributed by atoms with van der Waals surface area (Å²) in [5.74, 6) is 0.341. The highest BCUT2D eigenvalue weighted by Gasteiger charge is 2.27. The molecule has 0 N–H and O–H groups in total. The Labute approximate surface area is 117 Å². The first-order valence-electron chi connectivity index (χ1n) is 6.52. The van der Waals surface area contributed by atoms with Crippen molar-refractivity contribution < 1.29 is 19.1 Å². The summed E-state index contributed by atoms with van der Waals surface area (Å²) >= 11 is 0. The van der Waals surface area contributed by atoms with Crippen molar-refractivity contribution in [3.8, 4) is 5.75 Å². The molecule has 1 amide bonds. The minimum absolute atomic E-state index is 0.0142. The lowest BCUT2D eigenvalue weighted by molar-refractivity contribution is -0.148. The number of pyridine rings is 1.